The zero-order valence-corrected chi connectivity index (χ0v) is 12.4. The fourth-order valence-corrected chi connectivity index (χ4v) is 2.39. The summed E-state index contributed by atoms with van der Waals surface area (Å²) in [6, 6.07) is 0. The molecule has 5 nitrogen and oxygen atoms in total. The van der Waals surface area contributed by atoms with Gasteiger partial charge in [0.05, 0.1) is 5.70 Å². The normalized spacial score (nSPS) is 12.8. The predicted octanol–water partition coefficient (Wildman–Crippen LogP) is 1.14. The van der Waals surface area contributed by atoms with Gasteiger partial charge in [0.25, 0.3) is 0 Å². The third-order valence-electron chi connectivity index (χ3n) is 3.62. The molecule has 0 atom stereocenters. The van der Waals surface area contributed by atoms with Gasteiger partial charge in [-0.25, -0.2) is 15.0 Å². The van der Waals surface area contributed by atoms with Gasteiger partial charge >= 0.3 is 0 Å². The van der Waals surface area contributed by atoms with Gasteiger partial charge in [-0.3, -0.25) is 0 Å². The lowest BCUT2D eigenvalue weighted by Gasteiger charge is -2.10. The van der Waals surface area contributed by atoms with E-state index >= 15 is 0 Å². The highest BCUT2D eigenvalue weighted by atomic mass is 15.0. The van der Waals surface area contributed by atoms with E-state index in [1.54, 1.807) is 0 Å². The van der Waals surface area contributed by atoms with E-state index in [9.17, 15) is 0 Å². The van der Waals surface area contributed by atoms with Gasteiger partial charge in [0, 0.05) is 6.54 Å². The van der Waals surface area contributed by atoms with Gasteiger partial charge in [-0.05, 0) is 13.0 Å². The standard InChI is InChI=1S/C15H25N5/c1-2-3-4-5-6-7-8-9-17-10-12-13-14(20-12)15(16)19-11-18-13/h11,17H,2-10H2,1H3,(H2,16,18,19). The molecule has 0 amide bonds. The lowest BCUT2D eigenvalue weighted by atomic mass is 10.1. The second kappa shape index (κ2) is 7.94. The predicted molar refractivity (Wildman–Crippen MR) is 81.5 cm³/mol. The first kappa shape index (κ1) is 14.9. The van der Waals surface area contributed by atoms with Crippen LogP contribution in [0.4, 0.5) is 5.82 Å². The maximum absolute atomic E-state index is 5.70. The Balaban J connectivity index is 1.56. The smallest absolute Gasteiger partial charge is 0.153 e. The molecule has 3 N–H and O–H groups in total. The zero-order valence-electron chi connectivity index (χ0n) is 12.4. The summed E-state index contributed by atoms with van der Waals surface area (Å²) in [6.07, 6.45) is 10.9. The Hall–Kier alpha value is -1.49. The van der Waals surface area contributed by atoms with Crippen molar-refractivity contribution >= 4 is 11.5 Å². The summed E-state index contributed by atoms with van der Waals surface area (Å²) >= 11 is 0. The van der Waals surface area contributed by atoms with Gasteiger partial charge in [-0.2, -0.15) is 0 Å². The molecular formula is C15H25N5. The molecule has 0 spiro atoms. The second-order valence-electron chi connectivity index (χ2n) is 5.31. The first-order valence-corrected chi connectivity index (χ1v) is 7.72. The first-order chi connectivity index (χ1) is 9.83. The van der Waals surface area contributed by atoms with Crippen LogP contribution in [0.3, 0.4) is 0 Å². The summed E-state index contributed by atoms with van der Waals surface area (Å²) < 4.78 is 0. The van der Waals surface area contributed by atoms with Crippen LogP contribution in [0.25, 0.3) is 5.70 Å². The van der Waals surface area contributed by atoms with Crippen LogP contribution in [0, 0.1) is 0 Å². The molecule has 1 aliphatic heterocycles. The Labute approximate surface area is 120 Å². The number of nitrogens with one attached hydrogen (secondary N) is 1. The number of aromatic nitrogens is 2. The summed E-state index contributed by atoms with van der Waals surface area (Å²) in [5, 5.41) is 5.07. The zero-order chi connectivity index (χ0) is 14.2. The molecule has 0 saturated carbocycles. The van der Waals surface area contributed by atoms with Crippen molar-refractivity contribution in [3.63, 3.8) is 0 Å². The van der Waals surface area contributed by atoms with Crippen molar-refractivity contribution < 1.29 is 0 Å². The number of nitrogen functional groups attached to an aromatic ring is 1. The molecule has 1 aromatic rings. The maximum atomic E-state index is 5.70. The molecule has 2 rings (SSSR count). The summed E-state index contributed by atoms with van der Waals surface area (Å²) in [6.45, 7) is 4.08. The number of hydrogen-bond donors (Lipinski definition) is 2. The highest BCUT2D eigenvalue weighted by Crippen LogP contribution is 2.06. The van der Waals surface area contributed by atoms with Crippen LogP contribution in [0.1, 0.15) is 51.9 Å². The van der Waals surface area contributed by atoms with Crippen LogP contribution in [0.15, 0.2) is 11.3 Å². The van der Waals surface area contributed by atoms with E-state index < -0.39 is 0 Å². The van der Waals surface area contributed by atoms with Crippen molar-refractivity contribution in [1.82, 2.24) is 15.3 Å². The van der Waals surface area contributed by atoms with Crippen LogP contribution >= 0.6 is 0 Å². The lowest BCUT2D eigenvalue weighted by molar-refractivity contribution is 0.572. The Morgan fingerprint density at radius 2 is 1.80 bits per heavy atom. The van der Waals surface area contributed by atoms with Gasteiger partial charge in [-0.15, -0.1) is 0 Å². The van der Waals surface area contributed by atoms with Crippen LogP contribution in [0.5, 0.6) is 0 Å². The van der Waals surface area contributed by atoms with E-state index in [-0.39, 0.29) is 0 Å². The van der Waals surface area contributed by atoms with Gasteiger partial charge in [-0.1, -0.05) is 45.4 Å². The van der Waals surface area contributed by atoms with Crippen molar-refractivity contribution in [3.8, 4) is 0 Å². The van der Waals surface area contributed by atoms with Gasteiger partial charge in [0.2, 0.25) is 0 Å². The molecule has 0 saturated heterocycles. The quantitative estimate of drug-likeness (QED) is 0.628. The van der Waals surface area contributed by atoms with Crippen LogP contribution in [-0.2, 0) is 0 Å². The molecule has 1 aliphatic rings. The van der Waals surface area contributed by atoms with Crippen molar-refractivity contribution in [2.75, 3.05) is 18.8 Å². The lowest BCUT2D eigenvalue weighted by Crippen LogP contribution is -2.43. The average molecular weight is 275 g/mol. The highest BCUT2D eigenvalue weighted by Gasteiger charge is 2.11. The minimum absolute atomic E-state index is 0.478. The maximum Gasteiger partial charge on any atom is 0.153 e. The molecule has 0 aliphatic carbocycles. The van der Waals surface area contributed by atoms with Crippen LogP contribution in [0.2, 0.25) is 0 Å². The molecule has 20 heavy (non-hydrogen) atoms. The number of fused-ring (bicyclic) bond motifs is 1. The number of nitrogens with two attached hydrogens (primary N) is 1. The number of nitrogens with zero attached hydrogens (tertiary/aromatic N) is 3. The molecule has 0 aromatic carbocycles. The molecule has 0 unspecified atom stereocenters. The van der Waals surface area contributed by atoms with Crippen LogP contribution in [-0.4, -0.2) is 23.1 Å². The molecule has 0 bridgehead atoms. The molecule has 0 radical (unpaired) electrons. The monoisotopic (exact) mass is 275 g/mol. The minimum Gasteiger partial charge on any atom is -0.382 e. The van der Waals surface area contributed by atoms with Crippen molar-refractivity contribution in [2.45, 2.75) is 51.9 Å². The summed E-state index contributed by atoms with van der Waals surface area (Å²) in [5.41, 5.74) is 6.70. The number of hydrogen-bond acceptors (Lipinski definition) is 5. The third kappa shape index (κ3) is 4.00. The van der Waals surface area contributed by atoms with Crippen molar-refractivity contribution in [3.05, 3.63) is 17.0 Å². The fraction of sp³-hybridized carbons (Fsp3) is 0.667. The summed E-state index contributed by atoms with van der Waals surface area (Å²) in [5.74, 6) is 0.478. The van der Waals surface area contributed by atoms with Gasteiger partial charge in [0.1, 0.15) is 17.0 Å². The molecule has 2 heterocycles. The van der Waals surface area contributed by atoms with E-state index in [1.165, 1.54) is 51.3 Å². The topological polar surface area (TPSA) is 76.2 Å². The summed E-state index contributed by atoms with van der Waals surface area (Å²) in [7, 11) is 0. The van der Waals surface area contributed by atoms with E-state index in [0.29, 0.717) is 5.82 Å². The Bertz CT molecular complexity index is 538. The van der Waals surface area contributed by atoms with Gasteiger partial charge < -0.3 is 11.1 Å². The van der Waals surface area contributed by atoms with Crippen molar-refractivity contribution in [1.29, 1.82) is 0 Å². The Morgan fingerprint density at radius 3 is 2.60 bits per heavy atom. The molecule has 110 valence electrons. The molecule has 0 fully saturated rings. The van der Waals surface area contributed by atoms with E-state index in [4.69, 9.17) is 5.73 Å². The summed E-state index contributed by atoms with van der Waals surface area (Å²) in [4.78, 5) is 12.5. The number of unbranched alkanes of at least 4 members (excludes halogenated alkanes) is 6. The average Bonchev–Trinajstić information content (AvgIpc) is 2.43. The van der Waals surface area contributed by atoms with Gasteiger partial charge in [0.15, 0.2) is 5.82 Å². The SMILES string of the molecule is CCCCCCCCCNCC1=c2ncnc(N)c2=N1. The second-order valence-corrected chi connectivity index (χ2v) is 5.31. The third-order valence-corrected chi connectivity index (χ3v) is 3.62. The molecular weight excluding hydrogens is 250 g/mol. The Morgan fingerprint density at radius 1 is 1.05 bits per heavy atom. The fourth-order valence-electron chi connectivity index (χ4n) is 2.39. The molecule has 1 aromatic heterocycles. The highest BCUT2D eigenvalue weighted by molar-refractivity contribution is 5.51. The first-order valence-electron chi connectivity index (χ1n) is 7.72. The number of rotatable bonds is 10. The van der Waals surface area contributed by atoms with E-state index in [1.807, 2.05) is 0 Å². The Kier molecular flexibility index (Phi) is 5.92. The molecule has 5 heteroatoms. The van der Waals surface area contributed by atoms with E-state index in [0.717, 1.165) is 29.5 Å². The van der Waals surface area contributed by atoms with E-state index in [2.05, 4.69) is 27.2 Å². The van der Waals surface area contributed by atoms with Crippen LogP contribution < -0.4 is 21.8 Å². The minimum atomic E-state index is 0.478. The largest absolute Gasteiger partial charge is 0.382 e. The number of anilines is 1. The van der Waals surface area contributed by atoms with Crippen molar-refractivity contribution in [2.24, 2.45) is 4.99 Å².